The van der Waals surface area contributed by atoms with Crippen LogP contribution in [0.25, 0.3) is 11.0 Å². The van der Waals surface area contributed by atoms with Gasteiger partial charge in [0.15, 0.2) is 0 Å². The predicted octanol–water partition coefficient (Wildman–Crippen LogP) is 1.76. The van der Waals surface area contributed by atoms with E-state index in [2.05, 4.69) is 4.74 Å². The van der Waals surface area contributed by atoms with Crippen molar-refractivity contribution in [2.45, 2.75) is 18.7 Å². The number of phenolic OH excluding ortho intramolecular Hbond substituents is 1. The van der Waals surface area contributed by atoms with Crippen molar-refractivity contribution in [3.8, 4) is 5.75 Å². The number of aromatic hydroxyl groups is 1. The Bertz CT molecular complexity index is 860. The minimum atomic E-state index is -5.35. The van der Waals surface area contributed by atoms with Crippen LogP contribution in [0, 0.1) is 0 Å². The van der Waals surface area contributed by atoms with E-state index in [-0.39, 0.29) is 28.4 Å². The van der Waals surface area contributed by atoms with Crippen LogP contribution in [0.4, 0.5) is 13.2 Å². The number of ether oxygens (including phenoxy) is 1. The molecule has 1 aromatic heterocycles. The standard InChI is InChI=1S/C14H9F3O7.H3N/c15-14(16,17)13(22)24-10(12(20)21)3-6-4-11(19)23-9-5-7(18)1-2-8(6)9;/h1-2,4-5,10,18H,3H2,(H,20,21);1H3/t10-;/m0./s1. The highest BCUT2D eigenvalue weighted by atomic mass is 19.4. The first-order valence-electron chi connectivity index (χ1n) is 6.34. The largest absolute Gasteiger partial charge is 0.508 e. The highest BCUT2D eigenvalue weighted by Crippen LogP contribution is 2.24. The van der Waals surface area contributed by atoms with E-state index in [1.807, 2.05) is 0 Å². The van der Waals surface area contributed by atoms with E-state index in [1.54, 1.807) is 0 Å². The van der Waals surface area contributed by atoms with Gasteiger partial charge in [0.2, 0.25) is 6.10 Å². The molecule has 136 valence electrons. The van der Waals surface area contributed by atoms with E-state index in [1.165, 1.54) is 12.1 Å². The highest BCUT2D eigenvalue weighted by Gasteiger charge is 2.43. The van der Waals surface area contributed by atoms with Crippen LogP contribution in [0.5, 0.6) is 5.75 Å². The van der Waals surface area contributed by atoms with Gasteiger partial charge in [-0.2, -0.15) is 13.2 Å². The maximum Gasteiger partial charge on any atom is 0.490 e. The average Bonchev–Trinajstić information content (AvgIpc) is 2.44. The van der Waals surface area contributed by atoms with E-state index >= 15 is 0 Å². The number of alkyl halides is 3. The number of carboxylic acids is 1. The summed E-state index contributed by atoms with van der Waals surface area (Å²) in [4.78, 5) is 33.3. The molecule has 0 saturated carbocycles. The van der Waals surface area contributed by atoms with E-state index in [0.29, 0.717) is 0 Å². The molecule has 0 bridgehead atoms. The van der Waals surface area contributed by atoms with E-state index in [0.717, 1.165) is 12.1 Å². The molecule has 1 atom stereocenters. The zero-order valence-corrected chi connectivity index (χ0v) is 12.4. The molecule has 1 heterocycles. The molecule has 0 amide bonds. The molecular formula is C14H12F3NO7. The molecule has 0 unspecified atom stereocenters. The van der Waals surface area contributed by atoms with Crippen LogP contribution in [-0.2, 0) is 20.7 Å². The van der Waals surface area contributed by atoms with Gasteiger partial charge in [0.25, 0.3) is 0 Å². The summed E-state index contributed by atoms with van der Waals surface area (Å²) in [6, 6.07) is 4.45. The number of phenols is 1. The van der Waals surface area contributed by atoms with Gasteiger partial charge in [0.05, 0.1) is 0 Å². The molecule has 0 spiro atoms. The third-order valence-electron chi connectivity index (χ3n) is 2.98. The van der Waals surface area contributed by atoms with Gasteiger partial charge in [-0.05, 0) is 17.7 Å². The van der Waals surface area contributed by atoms with Crippen LogP contribution in [0.1, 0.15) is 5.56 Å². The fourth-order valence-corrected chi connectivity index (χ4v) is 1.96. The van der Waals surface area contributed by atoms with E-state index in [4.69, 9.17) is 9.52 Å². The van der Waals surface area contributed by atoms with Crippen LogP contribution in [0.15, 0.2) is 33.5 Å². The fourth-order valence-electron chi connectivity index (χ4n) is 1.96. The number of halogens is 3. The molecule has 0 aliphatic rings. The van der Waals surface area contributed by atoms with Gasteiger partial charge in [-0.15, -0.1) is 0 Å². The van der Waals surface area contributed by atoms with Crippen molar-refractivity contribution < 1.29 is 42.1 Å². The summed E-state index contributed by atoms with van der Waals surface area (Å²) in [5, 5.41) is 18.5. The monoisotopic (exact) mass is 363 g/mol. The second kappa shape index (κ2) is 7.21. The van der Waals surface area contributed by atoms with Crippen molar-refractivity contribution in [1.82, 2.24) is 6.15 Å². The zero-order chi connectivity index (χ0) is 18.1. The molecule has 8 nitrogen and oxygen atoms in total. The second-order valence-corrected chi connectivity index (χ2v) is 4.71. The molecule has 2 rings (SSSR count). The molecule has 5 N–H and O–H groups in total. The van der Waals surface area contributed by atoms with Gasteiger partial charge in [-0.25, -0.2) is 14.4 Å². The van der Waals surface area contributed by atoms with E-state index < -0.39 is 36.3 Å². The summed E-state index contributed by atoms with van der Waals surface area (Å²) >= 11 is 0. The van der Waals surface area contributed by atoms with Crippen molar-refractivity contribution in [3.63, 3.8) is 0 Å². The van der Waals surface area contributed by atoms with Gasteiger partial charge in [-0.3, -0.25) is 0 Å². The Hall–Kier alpha value is -3.08. The lowest BCUT2D eigenvalue weighted by molar-refractivity contribution is -0.207. The number of benzene rings is 1. The fraction of sp³-hybridized carbons (Fsp3) is 0.214. The Morgan fingerprint density at radius 2 is 1.88 bits per heavy atom. The van der Waals surface area contributed by atoms with Gasteiger partial charge in [-0.1, -0.05) is 0 Å². The Morgan fingerprint density at radius 1 is 1.24 bits per heavy atom. The topological polar surface area (TPSA) is 149 Å². The summed E-state index contributed by atoms with van der Waals surface area (Å²) in [5.41, 5.74) is -1.01. The third kappa shape index (κ3) is 4.70. The molecular weight excluding hydrogens is 351 g/mol. The number of hydrogen-bond acceptors (Lipinski definition) is 7. The SMILES string of the molecule is N.O=C(O)[C@H](Cc1cc(=O)oc2cc(O)ccc12)OC(=O)C(F)(F)F. The van der Waals surface area contributed by atoms with Gasteiger partial charge in [0, 0.05) is 23.9 Å². The van der Waals surface area contributed by atoms with Gasteiger partial charge < -0.3 is 25.5 Å². The summed E-state index contributed by atoms with van der Waals surface area (Å²) < 4.78 is 45.4. The third-order valence-corrected chi connectivity index (χ3v) is 2.98. The number of rotatable bonds is 4. The van der Waals surface area contributed by atoms with Crippen LogP contribution < -0.4 is 11.8 Å². The molecule has 2 aromatic rings. The molecule has 0 radical (unpaired) electrons. The summed E-state index contributed by atoms with van der Waals surface area (Å²) in [6.07, 6.45) is -8.20. The molecule has 11 heteroatoms. The number of aliphatic carboxylic acids is 1. The lowest BCUT2D eigenvalue weighted by atomic mass is 10.0. The van der Waals surface area contributed by atoms with Crippen molar-refractivity contribution in [3.05, 3.63) is 40.2 Å². The number of fused-ring (bicyclic) bond motifs is 1. The highest BCUT2D eigenvalue weighted by molar-refractivity contribution is 5.84. The lowest BCUT2D eigenvalue weighted by Crippen LogP contribution is -2.35. The van der Waals surface area contributed by atoms with Crippen molar-refractivity contribution in [2.75, 3.05) is 0 Å². The molecule has 0 aliphatic heterocycles. The zero-order valence-electron chi connectivity index (χ0n) is 12.4. The van der Waals surface area contributed by atoms with Crippen molar-refractivity contribution in [1.29, 1.82) is 0 Å². The average molecular weight is 363 g/mol. The quantitative estimate of drug-likeness (QED) is 0.549. The first kappa shape index (κ1) is 20.0. The Labute approximate surface area is 137 Å². The molecule has 1 aromatic carbocycles. The minimum Gasteiger partial charge on any atom is -0.508 e. The number of carbonyl (C=O) groups excluding carboxylic acids is 1. The first-order valence-corrected chi connectivity index (χ1v) is 6.34. The molecule has 0 saturated heterocycles. The minimum absolute atomic E-state index is 0. The molecule has 0 aliphatic carbocycles. The predicted molar refractivity (Wildman–Crippen MR) is 76.4 cm³/mol. The Balaban J connectivity index is 0.00000312. The number of carbonyl (C=O) groups is 2. The second-order valence-electron chi connectivity index (χ2n) is 4.71. The van der Waals surface area contributed by atoms with Crippen LogP contribution in [0.3, 0.4) is 0 Å². The maximum absolute atomic E-state index is 12.2. The number of hydrogen-bond donors (Lipinski definition) is 3. The van der Waals surface area contributed by atoms with Crippen molar-refractivity contribution >= 4 is 22.9 Å². The van der Waals surface area contributed by atoms with Crippen molar-refractivity contribution in [2.24, 2.45) is 0 Å². The Morgan fingerprint density at radius 3 is 2.44 bits per heavy atom. The van der Waals surface area contributed by atoms with E-state index in [9.17, 15) is 32.7 Å². The lowest BCUT2D eigenvalue weighted by Gasteiger charge is -2.15. The molecule has 0 fully saturated rings. The van der Waals surface area contributed by atoms with Crippen LogP contribution in [0.2, 0.25) is 0 Å². The smallest absolute Gasteiger partial charge is 0.490 e. The summed E-state index contributed by atoms with van der Waals surface area (Å²) in [7, 11) is 0. The van der Waals surface area contributed by atoms with Gasteiger partial charge >= 0.3 is 23.7 Å². The first-order chi connectivity index (χ1) is 11.1. The normalized spacial score (nSPS) is 12.3. The summed E-state index contributed by atoms with van der Waals surface area (Å²) in [5.74, 6) is -4.70. The molecule has 25 heavy (non-hydrogen) atoms. The van der Waals surface area contributed by atoms with Crippen LogP contribution >= 0.6 is 0 Å². The Kier molecular flexibility index (Phi) is 5.76. The number of carboxylic acid groups (broad SMARTS) is 1. The summed E-state index contributed by atoms with van der Waals surface area (Å²) in [6.45, 7) is 0. The maximum atomic E-state index is 12.2. The van der Waals surface area contributed by atoms with Gasteiger partial charge in [0.1, 0.15) is 11.3 Å². The number of esters is 1. The van der Waals surface area contributed by atoms with Crippen LogP contribution in [-0.4, -0.2) is 34.4 Å².